The van der Waals surface area contributed by atoms with Crippen molar-refractivity contribution in [3.63, 3.8) is 0 Å². The molecule has 168 valence electrons. The molecule has 6 nitrogen and oxygen atoms in total. The summed E-state index contributed by atoms with van der Waals surface area (Å²) in [6.07, 6.45) is 1.94. The first-order valence-corrected chi connectivity index (χ1v) is 11.5. The zero-order valence-corrected chi connectivity index (χ0v) is 19.8. The Bertz CT molecular complexity index is 1070. The van der Waals surface area contributed by atoms with Crippen LogP contribution in [0, 0.1) is 0 Å². The molecule has 0 spiro atoms. The van der Waals surface area contributed by atoms with Crippen LogP contribution in [0.25, 0.3) is 6.08 Å². The molecule has 2 amide bonds. The van der Waals surface area contributed by atoms with Crippen LogP contribution in [0.2, 0.25) is 10.0 Å². The third-order valence-electron chi connectivity index (χ3n) is 4.67. The van der Waals surface area contributed by atoms with Gasteiger partial charge in [-0.3, -0.25) is 19.3 Å². The molecule has 0 bridgehead atoms. The van der Waals surface area contributed by atoms with E-state index in [1.54, 1.807) is 55.5 Å². The SMILES string of the molecule is CC[C@@H](C)OC(=O)CN1C(=O)S/C(=C/c2ccccc2OCc2ccc(Cl)cc2Cl)C1=O. The van der Waals surface area contributed by atoms with Gasteiger partial charge in [-0.1, -0.05) is 54.4 Å². The quantitative estimate of drug-likeness (QED) is 0.334. The van der Waals surface area contributed by atoms with E-state index in [0.29, 0.717) is 27.8 Å². The minimum Gasteiger partial charge on any atom is -0.488 e. The fraction of sp³-hybridized carbons (Fsp3) is 0.261. The topological polar surface area (TPSA) is 72.9 Å². The summed E-state index contributed by atoms with van der Waals surface area (Å²) in [4.78, 5) is 38.1. The van der Waals surface area contributed by atoms with E-state index < -0.39 is 23.7 Å². The van der Waals surface area contributed by atoms with E-state index in [1.165, 1.54) is 0 Å². The maximum Gasteiger partial charge on any atom is 0.326 e. The Morgan fingerprint density at radius 2 is 1.94 bits per heavy atom. The maximum absolute atomic E-state index is 12.7. The highest BCUT2D eigenvalue weighted by atomic mass is 35.5. The monoisotopic (exact) mass is 493 g/mol. The smallest absolute Gasteiger partial charge is 0.326 e. The van der Waals surface area contributed by atoms with Crippen molar-refractivity contribution in [1.29, 1.82) is 0 Å². The van der Waals surface area contributed by atoms with E-state index >= 15 is 0 Å². The Balaban J connectivity index is 1.73. The third kappa shape index (κ3) is 6.06. The number of imide groups is 1. The summed E-state index contributed by atoms with van der Waals surface area (Å²) in [6.45, 7) is 3.41. The number of thioether (sulfide) groups is 1. The van der Waals surface area contributed by atoms with Crippen LogP contribution in [0.3, 0.4) is 0 Å². The van der Waals surface area contributed by atoms with Crippen LogP contribution in [0.4, 0.5) is 4.79 Å². The number of nitrogens with zero attached hydrogens (tertiary/aromatic N) is 1. The largest absolute Gasteiger partial charge is 0.488 e. The number of halogens is 2. The average Bonchev–Trinajstić information content (AvgIpc) is 3.01. The van der Waals surface area contributed by atoms with Crippen LogP contribution < -0.4 is 4.74 Å². The van der Waals surface area contributed by atoms with Gasteiger partial charge in [-0.2, -0.15) is 0 Å². The van der Waals surface area contributed by atoms with Gasteiger partial charge < -0.3 is 9.47 Å². The first kappa shape index (κ1) is 24.2. The number of hydrogen-bond donors (Lipinski definition) is 0. The Labute approximate surface area is 200 Å². The van der Waals surface area contributed by atoms with Gasteiger partial charge in [0.25, 0.3) is 11.1 Å². The van der Waals surface area contributed by atoms with Gasteiger partial charge in [0.1, 0.15) is 18.9 Å². The normalized spacial score (nSPS) is 15.9. The molecular weight excluding hydrogens is 473 g/mol. The average molecular weight is 494 g/mol. The summed E-state index contributed by atoms with van der Waals surface area (Å²) in [7, 11) is 0. The second kappa shape index (κ2) is 10.9. The summed E-state index contributed by atoms with van der Waals surface area (Å²) < 4.78 is 11.1. The summed E-state index contributed by atoms with van der Waals surface area (Å²) in [5.41, 5.74) is 1.37. The van der Waals surface area contributed by atoms with E-state index in [-0.39, 0.29) is 17.6 Å². The van der Waals surface area contributed by atoms with E-state index in [2.05, 4.69) is 0 Å². The van der Waals surface area contributed by atoms with Crippen molar-refractivity contribution in [2.24, 2.45) is 0 Å². The molecule has 1 atom stereocenters. The molecule has 32 heavy (non-hydrogen) atoms. The van der Waals surface area contributed by atoms with Crippen LogP contribution in [-0.4, -0.2) is 34.7 Å². The van der Waals surface area contributed by atoms with Crippen LogP contribution >= 0.6 is 35.0 Å². The summed E-state index contributed by atoms with van der Waals surface area (Å²) in [5.74, 6) is -0.648. The van der Waals surface area contributed by atoms with Gasteiger partial charge in [0.15, 0.2) is 0 Å². The molecule has 0 saturated carbocycles. The highest BCUT2D eigenvalue weighted by Crippen LogP contribution is 2.34. The predicted molar refractivity (Wildman–Crippen MR) is 126 cm³/mol. The number of carbonyl (C=O) groups is 3. The van der Waals surface area contributed by atoms with E-state index in [9.17, 15) is 14.4 Å². The first-order chi connectivity index (χ1) is 15.3. The Kier molecular flexibility index (Phi) is 8.23. The number of amides is 2. The maximum atomic E-state index is 12.7. The van der Waals surface area contributed by atoms with Crippen molar-refractivity contribution in [3.8, 4) is 5.75 Å². The highest BCUT2D eigenvalue weighted by Gasteiger charge is 2.37. The third-order valence-corrected chi connectivity index (χ3v) is 6.17. The predicted octanol–water partition coefficient (Wildman–Crippen LogP) is 5.95. The van der Waals surface area contributed by atoms with Crippen molar-refractivity contribution in [2.75, 3.05) is 6.54 Å². The van der Waals surface area contributed by atoms with Crippen molar-refractivity contribution in [2.45, 2.75) is 33.0 Å². The van der Waals surface area contributed by atoms with Crippen molar-refractivity contribution in [3.05, 3.63) is 68.5 Å². The minimum absolute atomic E-state index is 0.198. The van der Waals surface area contributed by atoms with Gasteiger partial charge in [-0.15, -0.1) is 0 Å². The molecule has 1 aliphatic heterocycles. The molecule has 2 aromatic rings. The number of carbonyl (C=O) groups excluding carboxylic acids is 3. The Morgan fingerprint density at radius 1 is 1.19 bits per heavy atom. The fourth-order valence-corrected chi connectivity index (χ4v) is 4.07. The van der Waals surface area contributed by atoms with Gasteiger partial charge in [0.05, 0.1) is 11.0 Å². The number of para-hydroxylation sites is 1. The van der Waals surface area contributed by atoms with E-state index in [0.717, 1.165) is 22.2 Å². The Hall–Kier alpha value is -2.48. The summed E-state index contributed by atoms with van der Waals surface area (Å²) in [6, 6.07) is 12.2. The molecule has 0 N–H and O–H groups in total. The minimum atomic E-state index is -0.619. The number of hydrogen-bond acceptors (Lipinski definition) is 6. The van der Waals surface area contributed by atoms with Crippen molar-refractivity contribution < 1.29 is 23.9 Å². The second-order valence-electron chi connectivity index (χ2n) is 7.04. The van der Waals surface area contributed by atoms with Crippen LogP contribution in [0.15, 0.2) is 47.4 Å². The molecule has 1 aliphatic rings. The van der Waals surface area contributed by atoms with Gasteiger partial charge in [-0.05, 0) is 49.4 Å². The molecule has 0 aliphatic carbocycles. The molecule has 1 heterocycles. The zero-order chi connectivity index (χ0) is 23.3. The number of benzene rings is 2. The van der Waals surface area contributed by atoms with Gasteiger partial charge >= 0.3 is 5.97 Å². The van der Waals surface area contributed by atoms with Gasteiger partial charge in [0, 0.05) is 21.2 Å². The lowest BCUT2D eigenvalue weighted by Gasteiger charge is -2.15. The molecule has 1 fully saturated rings. The highest BCUT2D eigenvalue weighted by molar-refractivity contribution is 8.18. The summed E-state index contributed by atoms with van der Waals surface area (Å²) in [5, 5.41) is 0.497. The molecule has 1 saturated heterocycles. The van der Waals surface area contributed by atoms with Gasteiger partial charge in [-0.25, -0.2) is 0 Å². The summed E-state index contributed by atoms with van der Waals surface area (Å²) >= 11 is 12.9. The molecular formula is C23H21Cl2NO5S. The second-order valence-corrected chi connectivity index (χ2v) is 8.88. The van der Waals surface area contributed by atoms with E-state index in [4.69, 9.17) is 32.7 Å². The van der Waals surface area contributed by atoms with Crippen molar-refractivity contribution >= 4 is 58.2 Å². The molecule has 3 rings (SSSR count). The lowest BCUT2D eigenvalue weighted by Crippen LogP contribution is -2.35. The van der Waals surface area contributed by atoms with E-state index in [1.807, 2.05) is 6.92 Å². The lowest BCUT2D eigenvalue weighted by atomic mass is 10.1. The Morgan fingerprint density at radius 3 is 2.66 bits per heavy atom. The number of esters is 1. The molecule has 0 aromatic heterocycles. The van der Waals surface area contributed by atoms with Crippen LogP contribution in [0.1, 0.15) is 31.4 Å². The molecule has 0 unspecified atom stereocenters. The molecule has 0 radical (unpaired) electrons. The van der Waals surface area contributed by atoms with Crippen molar-refractivity contribution in [1.82, 2.24) is 4.90 Å². The molecule has 9 heteroatoms. The van der Waals surface area contributed by atoms with Gasteiger partial charge in [0.2, 0.25) is 0 Å². The number of rotatable bonds is 8. The fourth-order valence-electron chi connectivity index (χ4n) is 2.78. The lowest BCUT2D eigenvalue weighted by molar-refractivity contribution is -0.150. The van der Waals surface area contributed by atoms with Crippen LogP contribution in [-0.2, 0) is 20.9 Å². The standard InChI is InChI=1S/C23H21Cl2NO5S/c1-3-14(2)31-21(27)12-26-22(28)20(32-23(26)29)10-15-6-4-5-7-19(15)30-13-16-8-9-17(24)11-18(16)25/h4-11,14H,3,12-13H2,1-2H3/b20-10+/t14-/m1/s1. The number of ether oxygens (including phenoxy) is 2. The molecule has 2 aromatic carbocycles. The first-order valence-electron chi connectivity index (χ1n) is 9.89. The van der Waals surface area contributed by atoms with Crippen LogP contribution in [0.5, 0.6) is 5.75 Å². The zero-order valence-electron chi connectivity index (χ0n) is 17.5.